The van der Waals surface area contributed by atoms with Crippen LogP contribution < -0.4 is 5.32 Å². The minimum absolute atomic E-state index is 0.00408. The van der Waals surface area contributed by atoms with Crippen LogP contribution in [-0.2, 0) is 4.79 Å². The molecule has 0 aromatic heterocycles. The maximum atomic E-state index is 12.5. The molecule has 2 rings (SSSR count). The number of nitrogens with zero attached hydrogens (tertiary/aromatic N) is 2. The molecule has 1 aromatic rings. The maximum Gasteiger partial charge on any atom is 0.257 e. The van der Waals surface area contributed by atoms with Crippen LogP contribution in [0.3, 0.4) is 0 Å². The van der Waals surface area contributed by atoms with Gasteiger partial charge in [0, 0.05) is 36.7 Å². The molecule has 126 valence electrons. The summed E-state index contributed by atoms with van der Waals surface area (Å²) in [6.45, 7) is 6.58. The van der Waals surface area contributed by atoms with Gasteiger partial charge < -0.3 is 15.3 Å². The number of halogens is 1. The molecule has 1 fully saturated rings. The second kappa shape index (κ2) is 7.79. The highest BCUT2D eigenvalue weighted by Crippen LogP contribution is 2.23. The first-order valence-corrected chi connectivity index (χ1v) is 8.45. The molecule has 0 bridgehead atoms. The van der Waals surface area contributed by atoms with Gasteiger partial charge in [-0.3, -0.25) is 14.5 Å². The Kier molecular flexibility index (Phi) is 6.01. The normalized spacial score (nSPS) is 15.7. The molecule has 1 aliphatic rings. The van der Waals surface area contributed by atoms with Crippen LogP contribution in [-0.4, -0.2) is 65.5 Å². The van der Waals surface area contributed by atoms with Crippen LogP contribution >= 0.6 is 15.9 Å². The number of carbonyl (C=O) groups excluding carboxylic acids is 2. The average Bonchev–Trinajstić information content (AvgIpc) is 2.49. The van der Waals surface area contributed by atoms with Crippen LogP contribution in [0.15, 0.2) is 22.7 Å². The van der Waals surface area contributed by atoms with Gasteiger partial charge in [0.1, 0.15) is 5.75 Å². The molecule has 1 aliphatic heterocycles. The Morgan fingerprint density at radius 2 is 1.91 bits per heavy atom. The summed E-state index contributed by atoms with van der Waals surface area (Å²) in [6, 6.07) is 4.95. The van der Waals surface area contributed by atoms with Crippen molar-refractivity contribution in [3.63, 3.8) is 0 Å². The lowest BCUT2D eigenvalue weighted by atomic mass is 10.1. The van der Waals surface area contributed by atoms with E-state index < -0.39 is 0 Å². The van der Waals surface area contributed by atoms with Crippen molar-refractivity contribution in [3.05, 3.63) is 28.2 Å². The summed E-state index contributed by atoms with van der Waals surface area (Å²) >= 11 is 3.31. The number of carbonyl (C=O) groups is 2. The van der Waals surface area contributed by atoms with Crippen molar-refractivity contribution >= 4 is 27.7 Å². The highest BCUT2D eigenvalue weighted by atomic mass is 79.9. The van der Waals surface area contributed by atoms with Gasteiger partial charge in [-0.25, -0.2) is 0 Å². The Hall–Kier alpha value is -1.60. The van der Waals surface area contributed by atoms with Crippen molar-refractivity contribution in [3.8, 4) is 5.75 Å². The SMILES string of the molecule is CC(C)NC(=O)CN1CCN(C(=O)c2cc(Br)ccc2O)CC1. The van der Waals surface area contributed by atoms with Crippen LogP contribution in [0.1, 0.15) is 24.2 Å². The number of hydrogen-bond acceptors (Lipinski definition) is 4. The van der Waals surface area contributed by atoms with Gasteiger partial charge in [0.2, 0.25) is 5.91 Å². The fraction of sp³-hybridized carbons (Fsp3) is 0.500. The highest BCUT2D eigenvalue weighted by molar-refractivity contribution is 9.10. The Morgan fingerprint density at radius 1 is 1.26 bits per heavy atom. The van der Waals surface area contributed by atoms with Crippen LogP contribution in [0.2, 0.25) is 0 Å². The first kappa shape index (κ1) is 17.7. The molecule has 0 saturated carbocycles. The number of rotatable bonds is 4. The average molecular weight is 384 g/mol. The molecule has 0 unspecified atom stereocenters. The van der Waals surface area contributed by atoms with Gasteiger partial charge in [0.05, 0.1) is 12.1 Å². The van der Waals surface area contributed by atoms with Gasteiger partial charge >= 0.3 is 0 Å². The zero-order chi connectivity index (χ0) is 17.0. The van der Waals surface area contributed by atoms with Gasteiger partial charge in [-0.05, 0) is 32.0 Å². The molecule has 2 amide bonds. The number of hydrogen-bond donors (Lipinski definition) is 2. The molecule has 6 nitrogen and oxygen atoms in total. The van der Waals surface area contributed by atoms with E-state index in [1.165, 1.54) is 6.07 Å². The third kappa shape index (κ3) is 4.94. The summed E-state index contributed by atoms with van der Waals surface area (Å²) in [5, 5.41) is 12.7. The zero-order valence-corrected chi connectivity index (χ0v) is 15.0. The summed E-state index contributed by atoms with van der Waals surface area (Å²) in [5.74, 6) is -0.198. The van der Waals surface area contributed by atoms with E-state index in [9.17, 15) is 14.7 Å². The molecular formula is C16H22BrN3O3. The van der Waals surface area contributed by atoms with Crippen molar-refractivity contribution in [1.82, 2.24) is 15.1 Å². The van der Waals surface area contributed by atoms with Crippen molar-refractivity contribution < 1.29 is 14.7 Å². The van der Waals surface area contributed by atoms with E-state index in [2.05, 4.69) is 21.2 Å². The van der Waals surface area contributed by atoms with Crippen LogP contribution in [0.25, 0.3) is 0 Å². The van der Waals surface area contributed by atoms with Crippen LogP contribution in [0.4, 0.5) is 0 Å². The quantitative estimate of drug-likeness (QED) is 0.824. The summed E-state index contributed by atoms with van der Waals surface area (Å²) < 4.78 is 0.752. The lowest BCUT2D eigenvalue weighted by Gasteiger charge is -2.34. The molecule has 0 radical (unpaired) electrons. The number of benzene rings is 1. The van der Waals surface area contributed by atoms with Crippen molar-refractivity contribution in [1.29, 1.82) is 0 Å². The maximum absolute atomic E-state index is 12.5. The predicted octanol–water partition coefficient (Wildman–Crippen LogP) is 1.44. The Morgan fingerprint density at radius 3 is 2.52 bits per heavy atom. The Balaban J connectivity index is 1.90. The van der Waals surface area contributed by atoms with Gasteiger partial charge in [-0.15, -0.1) is 0 Å². The summed E-state index contributed by atoms with van der Waals surface area (Å²) in [7, 11) is 0. The van der Waals surface area contributed by atoms with E-state index in [4.69, 9.17) is 0 Å². The minimum atomic E-state index is -0.185. The minimum Gasteiger partial charge on any atom is -0.507 e. The second-order valence-electron chi connectivity index (χ2n) is 5.95. The second-order valence-corrected chi connectivity index (χ2v) is 6.87. The highest BCUT2D eigenvalue weighted by Gasteiger charge is 2.25. The van der Waals surface area contributed by atoms with Gasteiger partial charge in [0.15, 0.2) is 0 Å². The molecule has 1 saturated heterocycles. The molecule has 7 heteroatoms. The van der Waals surface area contributed by atoms with Crippen molar-refractivity contribution in [2.45, 2.75) is 19.9 Å². The zero-order valence-electron chi connectivity index (χ0n) is 13.4. The molecule has 23 heavy (non-hydrogen) atoms. The lowest BCUT2D eigenvalue weighted by Crippen LogP contribution is -2.51. The lowest BCUT2D eigenvalue weighted by molar-refractivity contribution is -0.123. The fourth-order valence-electron chi connectivity index (χ4n) is 2.53. The Bertz CT molecular complexity index is 584. The standard InChI is InChI=1S/C16H22BrN3O3/c1-11(2)18-15(22)10-19-5-7-20(8-6-19)16(23)13-9-12(17)3-4-14(13)21/h3-4,9,11,21H,5-8,10H2,1-2H3,(H,18,22). The number of amides is 2. The van der Waals surface area contributed by atoms with Crippen LogP contribution in [0, 0.1) is 0 Å². The predicted molar refractivity (Wildman–Crippen MR) is 91.4 cm³/mol. The first-order chi connectivity index (χ1) is 10.9. The summed E-state index contributed by atoms with van der Waals surface area (Å²) in [6.07, 6.45) is 0. The van der Waals surface area contributed by atoms with E-state index in [0.29, 0.717) is 38.3 Å². The fourth-order valence-corrected chi connectivity index (χ4v) is 2.89. The molecule has 1 aromatic carbocycles. The van der Waals surface area contributed by atoms with E-state index in [0.717, 1.165) is 4.47 Å². The van der Waals surface area contributed by atoms with Crippen LogP contribution in [0.5, 0.6) is 5.75 Å². The number of aromatic hydroxyl groups is 1. The third-order valence-corrected chi connectivity index (χ3v) is 4.16. The molecule has 0 aliphatic carbocycles. The largest absolute Gasteiger partial charge is 0.507 e. The summed E-state index contributed by atoms with van der Waals surface area (Å²) in [4.78, 5) is 28.0. The monoisotopic (exact) mass is 383 g/mol. The van der Waals surface area contributed by atoms with E-state index in [1.54, 1.807) is 17.0 Å². The molecule has 2 N–H and O–H groups in total. The van der Waals surface area contributed by atoms with E-state index >= 15 is 0 Å². The topological polar surface area (TPSA) is 72.9 Å². The van der Waals surface area contributed by atoms with E-state index in [1.807, 2.05) is 18.7 Å². The number of piperazine rings is 1. The number of phenolic OH excluding ortho intramolecular Hbond substituents is 1. The molecule has 0 atom stereocenters. The van der Waals surface area contributed by atoms with Gasteiger partial charge in [0.25, 0.3) is 5.91 Å². The number of nitrogens with one attached hydrogen (secondary N) is 1. The van der Waals surface area contributed by atoms with E-state index in [-0.39, 0.29) is 23.6 Å². The third-order valence-electron chi connectivity index (χ3n) is 3.67. The van der Waals surface area contributed by atoms with Gasteiger partial charge in [-0.2, -0.15) is 0 Å². The van der Waals surface area contributed by atoms with Gasteiger partial charge in [-0.1, -0.05) is 15.9 Å². The molecular weight excluding hydrogens is 362 g/mol. The molecule has 1 heterocycles. The van der Waals surface area contributed by atoms with Crippen molar-refractivity contribution in [2.24, 2.45) is 0 Å². The smallest absolute Gasteiger partial charge is 0.257 e. The first-order valence-electron chi connectivity index (χ1n) is 7.66. The Labute approximate surface area is 144 Å². The summed E-state index contributed by atoms with van der Waals surface area (Å²) in [5.41, 5.74) is 0.297. The number of phenols is 1. The molecule has 0 spiro atoms. The van der Waals surface area contributed by atoms with Crippen molar-refractivity contribution in [2.75, 3.05) is 32.7 Å².